The highest BCUT2D eigenvalue weighted by atomic mass is 32.2. The number of likely N-dealkylation sites (tertiary alicyclic amines) is 1. The van der Waals surface area contributed by atoms with E-state index in [1.54, 1.807) is 4.90 Å². The van der Waals surface area contributed by atoms with Crippen LogP contribution >= 0.6 is 11.8 Å². The van der Waals surface area contributed by atoms with Crippen LogP contribution in [0.1, 0.15) is 65.7 Å². The molecule has 1 N–H and O–H groups in total. The number of carbonyl (C=O) groups is 2. The van der Waals surface area contributed by atoms with E-state index in [4.69, 9.17) is 4.74 Å². The lowest BCUT2D eigenvalue weighted by molar-refractivity contribution is -0.120. The van der Waals surface area contributed by atoms with E-state index in [-0.39, 0.29) is 5.91 Å². The number of amides is 2. The molecule has 0 spiro atoms. The molecule has 1 aromatic rings. The maximum Gasteiger partial charge on any atom is 0.410 e. The van der Waals surface area contributed by atoms with Gasteiger partial charge in [-0.1, -0.05) is 19.3 Å². The maximum atomic E-state index is 12.7. The molecule has 1 saturated carbocycles. The molecule has 1 atom stereocenters. The van der Waals surface area contributed by atoms with Gasteiger partial charge >= 0.3 is 6.09 Å². The minimum Gasteiger partial charge on any atom is -0.444 e. The molecular formula is C23H34N2O3S. The van der Waals surface area contributed by atoms with E-state index in [2.05, 4.69) is 17.4 Å². The van der Waals surface area contributed by atoms with Crippen LogP contribution in [0, 0.1) is 5.92 Å². The summed E-state index contributed by atoms with van der Waals surface area (Å²) in [5, 5.41) is 2.97. The number of benzene rings is 1. The zero-order valence-electron chi connectivity index (χ0n) is 17.9. The van der Waals surface area contributed by atoms with Crippen LogP contribution in [-0.4, -0.2) is 40.8 Å². The number of hydrogen-bond donors (Lipinski definition) is 1. The lowest BCUT2D eigenvalue weighted by Crippen LogP contribution is -2.45. The van der Waals surface area contributed by atoms with E-state index < -0.39 is 17.7 Å². The average Bonchev–Trinajstić information content (AvgIpc) is 3.17. The second-order valence-corrected chi connectivity index (χ2v) is 10.3. The summed E-state index contributed by atoms with van der Waals surface area (Å²) in [6.07, 6.45) is 7.92. The van der Waals surface area contributed by atoms with E-state index in [1.165, 1.54) is 42.8 Å². The number of nitrogens with zero attached hydrogens (tertiary/aromatic N) is 1. The summed E-state index contributed by atoms with van der Waals surface area (Å²) in [5.74, 6) is 1.88. The molecule has 2 fully saturated rings. The molecule has 0 aromatic heterocycles. The van der Waals surface area contributed by atoms with Gasteiger partial charge in [-0.25, -0.2) is 4.79 Å². The van der Waals surface area contributed by atoms with Crippen molar-refractivity contribution in [3.05, 3.63) is 24.3 Å². The fourth-order valence-electron chi connectivity index (χ4n) is 4.01. The molecule has 1 unspecified atom stereocenters. The van der Waals surface area contributed by atoms with Gasteiger partial charge in [0, 0.05) is 22.9 Å². The van der Waals surface area contributed by atoms with E-state index in [0.29, 0.717) is 13.0 Å². The quantitative estimate of drug-likeness (QED) is 0.624. The van der Waals surface area contributed by atoms with Gasteiger partial charge in [0.25, 0.3) is 0 Å². The van der Waals surface area contributed by atoms with E-state index in [1.807, 2.05) is 44.7 Å². The van der Waals surface area contributed by atoms with Crippen molar-refractivity contribution in [3.63, 3.8) is 0 Å². The number of rotatable bonds is 5. The van der Waals surface area contributed by atoms with Gasteiger partial charge in [0.1, 0.15) is 11.6 Å². The molecule has 29 heavy (non-hydrogen) atoms. The number of hydrogen-bond acceptors (Lipinski definition) is 4. The Morgan fingerprint density at radius 2 is 1.76 bits per heavy atom. The first-order valence-corrected chi connectivity index (χ1v) is 11.8. The highest BCUT2D eigenvalue weighted by Gasteiger charge is 2.36. The molecule has 1 heterocycles. The molecule has 1 aromatic carbocycles. The van der Waals surface area contributed by atoms with Crippen molar-refractivity contribution >= 4 is 29.4 Å². The molecule has 6 heteroatoms. The van der Waals surface area contributed by atoms with Crippen molar-refractivity contribution in [1.29, 1.82) is 0 Å². The molecule has 5 nitrogen and oxygen atoms in total. The topological polar surface area (TPSA) is 58.6 Å². The minimum atomic E-state index is -0.564. The number of thioether (sulfide) groups is 1. The third-order valence-corrected chi connectivity index (χ3v) is 6.76. The SMILES string of the molecule is CC(C)(C)OC(=O)N1CCCC1C(=O)Nc1ccc(SCC2CCCCC2)cc1. The normalized spacial score (nSPS) is 20.5. The van der Waals surface area contributed by atoms with Gasteiger partial charge in [-0.2, -0.15) is 0 Å². The summed E-state index contributed by atoms with van der Waals surface area (Å²) in [6, 6.07) is 7.58. The van der Waals surface area contributed by atoms with Crippen LogP contribution in [0.4, 0.5) is 10.5 Å². The molecule has 1 saturated heterocycles. The average molecular weight is 419 g/mol. The molecule has 1 aliphatic heterocycles. The summed E-state index contributed by atoms with van der Waals surface area (Å²) in [7, 11) is 0. The second kappa shape index (κ2) is 9.88. The Bertz CT molecular complexity index is 693. The first kappa shape index (κ1) is 22.0. The standard InChI is InChI=1S/C23H34N2O3S/c1-23(2,3)28-22(27)25-15-7-10-20(25)21(26)24-18-11-13-19(14-12-18)29-16-17-8-5-4-6-9-17/h11-14,17,20H,4-10,15-16H2,1-3H3,(H,24,26). The van der Waals surface area contributed by atoms with Crippen molar-refractivity contribution in [3.8, 4) is 0 Å². The lowest BCUT2D eigenvalue weighted by atomic mass is 9.91. The molecule has 160 valence electrons. The maximum absolute atomic E-state index is 12.7. The predicted octanol–water partition coefficient (Wildman–Crippen LogP) is 5.70. The highest BCUT2D eigenvalue weighted by molar-refractivity contribution is 7.99. The Hall–Kier alpha value is -1.69. The van der Waals surface area contributed by atoms with Crippen molar-refractivity contribution in [2.45, 2.75) is 82.3 Å². The first-order chi connectivity index (χ1) is 13.8. The molecule has 0 radical (unpaired) electrons. The monoisotopic (exact) mass is 418 g/mol. The van der Waals surface area contributed by atoms with Crippen LogP contribution in [-0.2, 0) is 9.53 Å². The number of carbonyl (C=O) groups excluding carboxylic acids is 2. The summed E-state index contributed by atoms with van der Waals surface area (Å²) in [5.41, 5.74) is 0.208. The van der Waals surface area contributed by atoms with Gasteiger partial charge in [-0.3, -0.25) is 9.69 Å². The Kier molecular flexibility index (Phi) is 7.49. The highest BCUT2D eigenvalue weighted by Crippen LogP contribution is 2.30. The Balaban J connectivity index is 1.51. The van der Waals surface area contributed by atoms with Gasteiger partial charge in [-0.15, -0.1) is 11.8 Å². The third kappa shape index (κ3) is 6.66. The predicted molar refractivity (Wildman–Crippen MR) is 118 cm³/mol. The van der Waals surface area contributed by atoms with Crippen molar-refractivity contribution in [1.82, 2.24) is 4.90 Å². The van der Waals surface area contributed by atoms with E-state index >= 15 is 0 Å². The van der Waals surface area contributed by atoms with Crippen LogP contribution in [0.3, 0.4) is 0 Å². The van der Waals surface area contributed by atoms with Gasteiger partial charge in [0.05, 0.1) is 0 Å². The molecule has 0 bridgehead atoms. The molecule has 3 rings (SSSR count). The minimum absolute atomic E-state index is 0.143. The smallest absolute Gasteiger partial charge is 0.410 e. The van der Waals surface area contributed by atoms with Gasteiger partial charge in [-0.05, 0) is 76.6 Å². The second-order valence-electron chi connectivity index (χ2n) is 9.16. The molecular weight excluding hydrogens is 384 g/mol. The van der Waals surface area contributed by atoms with Crippen LogP contribution in [0.15, 0.2) is 29.2 Å². The van der Waals surface area contributed by atoms with Crippen molar-refractivity contribution in [2.24, 2.45) is 5.92 Å². The third-order valence-electron chi connectivity index (χ3n) is 5.52. The largest absolute Gasteiger partial charge is 0.444 e. The first-order valence-electron chi connectivity index (χ1n) is 10.9. The molecule has 2 amide bonds. The number of ether oxygens (including phenoxy) is 1. The van der Waals surface area contributed by atoms with E-state index in [0.717, 1.165) is 18.0 Å². The lowest BCUT2D eigenvalue weighted by Gasteiger charge is -2.28. The Morgan fingerprint density at radius 3 is 2.41 bits per heavy atom. The fraction of sp³-hybridized carbons (Fsp3) is 0.652. The van der Waals surface area contributed by atoms with E-state index in [9.17, 15) is 9.59 Å². The summed E-state index contributed by atoms with van der Waals surface area (Å²) in [6.45, 7) is 6.07. The Labute approximate surface area is 178 Å². The van der Waals surface area contributed by atoms with Crippen LogP contribution < -0.4 is 5.32 Å². The molecule has 2 aliphatic rings. The Morgan fingerprint density at radius 1 is 1.07 bits per heavy atom. The van der Waals surface area contributed by atoms with Crippen molar-refractivity contribution in [2.75, 3.05) is 17.6 Å². The summed E-state index contributed by atoms with van der Waals surface area (Å²) >= 11 is 1.91. The van der Waals surface area contributed by atoms with Crippen LogP contribution in [0.25, 0.3) is 0 Å². The van der Waals surface area contributed by atoms with Crippen molar-refractivity contribution < 1.29 is 14.3 Å². The van der Waals surface area contributed by atoms with Gasteiger partial charge in [0.15, 0.2) is 0 Å². The van der Waals surface area contributed by atoms with Gasteiger partial charge in [0.2, 0.25) is 5.91 Å². The zero-order chi connectivity index (χ0) is 20.9. The van der Waals surface area contributed by atoms with Gasteiger partial charge < -0.3 is 10.1 Å². The number of nitrogens with one attached hydrogen (secondary N) is 1. The number of anilines is 1. The molecule has 1 aliphatic carbocycles. The van der Waals surface area contributed by atoms with Crippen LogP contribution in [0.5, 0.6) is 0 Å². The summed E-state index contributed by atoms with van der Waals surface area (Å²) < 4.78 is 5.45. The zero-order valence-corrected chi connectivity index (χ0v) is 18.7. The summed E-state index contributed by atoms with van der Waals surface area (Å²) in [4.78, 5) is 27.9. The van der Waals surface area contributed by atoms with Crippen LogP contribution in [0.2, 0.25) is 0 Å². The fourth-order valence-corrected chi connectivity index (χ4v) is 5.10.